The van der Waals surface area contributed by atoms with Crippen molar-refractivity contribution in [2.75, 3.05) is 6.54 Å². The smallest absolute Gasteiger partial charge is 0.107 e. The topological polar surface area (TPSA) is 40.7 Å². The second-order valence-corrected chi connectivity index (χ2v) is 5.15. The highest BCUT2D eigenvalue weighted by Gasteiger charge is 2.26. The standard InChI is InChI=1S/C13H23N3/c1-10-4-3-5-11(2)13(10)16-7-6-12-14-8-9-15-12/h8-11,13,16H,3-7H2,1-2H3,(H,14,15). The van der Waals surface area contributed by atoms with Crippen LogP contribution in [0.1, 0.15) is 38.9 Å². The molecule has 1 heterocycles. The van der Waals surface area contributed by atoms with E-state index in [4.69, 9.17) is 0 Å². The monoisotopic (exact) mass is 221 g/mol. The van der Waals surface area contributed by atoms with Crippen molar-refractivity contribution in [3.05, 3.63) is 18.2 Å². The molecule has 0 aromatic carbocycles. The van der Waals surface area contributed by atoms with Gasteiger partial charge in [-0.15, -0.1) is 0 Å². The SMILES string of the molecule is CC1CCCC(C)C1NCCc1ncc[nH]1. The van der Waals surface area contributed by atoms with Crippen LogP contribution in [0.25, 0.3) is 0 Å². The summed E-state index contributed by atoms with van der Waals surface area (Å²) in [6.07, 6.45) is 8.87. The first-order chi connectivity index (χ1) is 7.77. The molecule has 2 unspecified atom stereocenters. The Kier molecular flexibility index (Phi) is 3.99. The molecule has 1 aliphatic carbocycles. The Labute approximate surface area is 98.1 Å². The zero-order valence-corrected chi connectivity index (χ0v) is 10.4. The third-order valence-corrected chi connectivity index (χ3v) is 3.84. The predicted molar refractivity (Wildman–Crippen MR) is 66.3 cm³/mol. The maximum Gasteiger partial charge on any atom is 0.107 e. The van der Waals surface area contributed by atoms with Crippen molar-refractivity contribution >= 4 is 0 Å². The van der Waals surface area contributed by atoms with Gasteiger partial charge >= 0.3 is 0 Å². The molecule has 1 aromatic rings. The maximum absolute atomic E-state index is 4.24. The summed E-state index contributed by atoms with van der Waals surface area (Å²) in [7, 11) is 0. The molecule has 16 heavy (non-hydrogen) atoms. The van der Waals surface area contributed by atoms with Crippen LogP contribution >= 0.6 is 0 Å². The summed E-state index contributed by atoms with van der Waals surface area (Å²) in [5, 5.41) is 3.70. The second kappa shape index (κ2) is 5.48. The Morgan fingerprint density at radius 2 is 2.12 bits per heavy atom. The van der Waals surface area contributed by atoms with E-state index in [9.17, 15) is 0 Å². The molecule has 1 fully saturated rings. The summed E-state index contributed by atoms with van der Waals surface area (Å²) in [4.78, 5) is 7.39. The average molecular weight is 221 g/mol. The molecule has 3 nitrogen and oxygen atoms in total. The van der Waals surface area contributed by atoms with Crippen molar-refractivity contribution in [3.63, 3.8) is 0 Å². The molecule has 0 amide bonds. The van der Waals surface area contributed by atoms with E-state index in [1.54, 1.807) is 0 Å². The fraction of sp³-hybridized carbons (Fsp3) is 0.769. The maximum atomic E-state index is 4.24. The average Bonchev–Trinajstić information content (AvgIpc) is 2.75. The summed E-state index contributed by atoms with van der Waals surface area (Å²) >= 11 is 0. The van der Waals surface area contributed by atoms with Crippen molar-refractivity contribution in [2.45, 2.75) is 45.6 Å². The Hall–Kier alpha value is -0.830. The molecule has 0 radical (unpaired) electrons. The fourth-order valence-electron chi connectivity index (χ4n) is 2.88. The largest absolute Gasteiger partial charge is 0.349 e. The van der Waals surface area contributed by atoms with Gasteiger partial charge in [0.15, 0.2) is 0 Å². The van der Waals surface area contributed by atoms with E-state index in [0.717, 1.165) is 30.6 Å². The van der Waals surface area contributed by atoms with Gasteiger partial charge in [-0.1, -0.05) is 20.3 Å². The third kappa shape index (κ3) is 2.85. The molecule has 1 aromatic heterocycles. The van der Waals surface area contributed by atoms with Crippen molar-refractivity contribution in [1.29, 1.82) is 0 Å². The second-order valence-electron chi connectivity index (χ2n) is 5.15. The van der Waals surface area contributed by atoms with Crippen molar-refractivity contribution < 1.29 is 0 Å². The van der Waals surface area contributed by atoms with Crippen LogP contribution in [-0.4, -0.2) is 22.6 Å². The number of imidazole rings is 1. The lowest BCUT2D eigenvalue weighted by molar-refractivity contribution is 0.210. The van der Waals surface area contributed by atoms with Crippen molar-refractivity contribution in [1.82, 2.24) is 15.3 Å². The number of aromatic amines is 1. The van der Waals surface area contributed by atoms with Gasteiger partial charge in [-0.05, 0) is 24.7 Å². The minimum Gasteiger partial charge on any atom is -0.349 e. The molecular weight excluding hydrogens is 198 g/mol. The zero-order valence-electron chi connectivity index (χ0n) is 10.4. The van der Waals surface area contributed by atoms with Crippen LogP contribution in [0.3, 0.4) is 0 Å². The summed E-state index contributed by atoms with van der Waals surface area (Å²) in [6, 6.07) is 0.698. The lowest BCUT2D eigenvalue weighted by Crippen LogP contribution is -2.43. The van der Waals surface area contributed by atoms with Gasteiger partial charge in [0.05, 0.1) is 0 Å². The Bertz CT molecular complexity index is 284. The van der Waals surface area contributed by atoms with Gasteiger partial charge in [0.1, 0.15) is 5.82 Å². The lowest BCUT2D eigenvalue weighted by Gasteiger charge is -2.35. The van der Waals surface area contributed by atoms with Gasteiger partial charge in [-0.3, -0.25) is 0 Å². The van der Waals surface area contributed by atoms with Crippen molar-refractivity contribution in [2.24, 2.45) is 11.8 Å². The fourth-order valence-corrected chi connectivity index (χ4v) is 2.88. The molecule has 1 aliphatic rings. The molecule has 2 N–H and O–H groups in total. The molecule has 3 heteroatoms. The molecule has 2 atom stereocenters. The first-order valence-corrected chi connectivity index (χ1v) is 6.49. The summed E-state index contributed by atoms with van der Waals surface area (Å²) in [6.45, 7) is 5.79. The van der Waals surface area contributed by atoms with Crippen molar-refractivity contribution in [3.8, 4) is 0 Å². The van der Waals surface area contributed by atoms with E-state index in [0.29, 0.717) is 6.04 Å². The van der Waals surface area contributed by atoms with Gasteiger partial charge in [0, 0.05) is 31.4 Å². The molecule has 0 aliphatic heterocycles. The zero-order chi connectivity index (χ0) is 11.4. The van der Waals surface area contributed by atoms with Crippen LogP contribution in [0.2, 0.25) is 0 Å². The van der Waals surface area contributed by atoms with E-state index in [1.165, 1.54) is 19.3 Å². The van der Waals surface area contributed by atoms with Gasteiger partial charge < -0.3 is 10.3 Å². The van der Waals surface area contributed by atoms with Gasteiger partial charge in [-0.2, -0.15) is 0 Å². The molecule has 1 saturated carbocycles. The van der Waals surface area contributed by atoms with E-state index < -0.39 is 0 Å². The Morgan fingerprint density at radius 1 is 1.38 bits per heavy atom. The highest BCUT2D eigenvalue weighted by molar-refractivity contribution is 4.89. The first-order valence-electron chi connectivity index (χ1n) is 6.49. The third-order valence-electron chi connectivity index (χ3n) is 3.84. The minimum absolute atomic E-state index is 0.698. The molecule has 0 spiro atoms. The van der Waals surface area contributed by atoms with E-state index >= 15 is 0 Å². The van der Waals surface area contributed by atoms with E-state index in [2.05, 4.69) is 29.1 Å². The number of H-pyrrole nitrogens is 1. The minimum atomic E-state index is 0.698. The van der Waals surface area contributed by atoms with Crippen LogP contribution in [0.4, 0.5) is 0 Å². The van der Waals surface area contributed by atoms with Crippen LogP contribution in [0.5, 0.6) is 0 Å². The van der Waals surface area contributed by atoms with Crippen LogP contribution < -0.4 is 5.32 Å². The van der Waals surface area contributed by atoms with Crippen LogP contribution in [0.15, 0.2) is 12.4 Å². The van der Waals surface area contributed by atoms with Gasteiger partial charge in [0.2, 0.25) is 0 Å². The summed E-state index contributed by atoms with van der Waals surface area (Å²) < 4.78 is 0. The lowest BCUT2D eigenvalue weighted by atomic mass is 9.79. The van der Waals surface area contributed by atoms with E-state index in [1.807, 2.05) is 12.4 Å². The highest BCUT2D eigenvalue weighted by Crippen LogP contribution is 2.28. The van der Waals surface area contributed by atoms with Crippen LogP contribution in [0, 0.1) is 11.8 Å². The van der Waals surface area contributed by atoms with E-state index in [-0.39, 0.29) is 0 Å². The van der Waals surface area contributed by atoms with Gasteiger partial charge in [-0.25, -0.2) is 4.98 Å². The number of aromatic nitrogens is 2. The number of nitrogens with zero attached hydrogens (tertiary/aromatic N) is 1. The molecule has 90 valence electrons. The number of rotatable bonds is 4. The quantitative estimate of drug-likeness (QED) is 0.819. The highest BCUT2D eigenvalue weighted by atomic mass is 14.9. The number of hydrogen-bond acceptors (Lipinski definition) is 2. The van der Waals surface area contributed by atoms with Gasteiger partial charge in [0.25, 0.3) is 0 Å². The molecular formula is C13H23N3. The summed E-state index contributed by atoms with van der Waals surface area (Å²) in [5.74, 6) is 2.73. The number of hydrogen-bond donors (Lipinski definition) is 2. The molecule has 0 saturated heterocycles. The predicted octanol–water partition coefficient (Wildman–Crippen LogP) is 2.37. The molecule has 2 rings (SSSR count). The Morgan fingerprint density at radius 3 is 2.75 bits per heavy atom. The van der Waals surface area contributed by atoms with Crippen LogP contribution in [-0.2, 0) is 6.42 Å². The molecule has 0 bridgehead atoms. The first kappa shape index (κ1) is 11.6. The number of nitrogens with one attached hydrogen (secondary N) is 2. The Balaban J connectivity index is 1.75. The normalized spacial score (nSPS) is 30.5. The summed E-state index contributed by atoms with van der Waals surface area (Å²) in [5.41, 5.74) is 0.